The predicted molar refractivity (Wildman–Crippen MR) is 76.5 cm³/mol. The Morgan fingerprint density at radius 1 is 1.44 bits per heavy atom. The molecule has 2 heterocycles. The molecule has 96 valence electrons. The highest BCUT2D eigenvalue weighted by Gasteiger charge is 2.23. The number of hydrogen-bond donors (Lipinski definition) is 0. The highest BCUT2D eigenvalue weighted by molar-refractivity contribution is 7.18. The topological polar surface area (TPSA) is 22.1 Å². The first-order valence-electron chi connectivity index (χ1n) is 6.39. The lowest BCUT2D eigenvalue weighted by atomic mass is 9.96. The maximum absolute atomic E-state index is 6.51. The summed E-state index contributed by atoms with van der Waals surface area (Å²) in [5.41, 5.74) is 1.08. The monoisotopic (exact) mass is 281 g/mol. The van der Waals surface area contributed by atoms with Crippen LogP contribution in [0, 0.1) is 5.92 Å². The second-order valence-electron chi connectivity index (χ2n) is 4.77. The molecule has 0 radical (unpaired) electrons. The zero-order valence-electron chi connectivity index (χ0n) is 10.1. The maximum atomic E-state index is 6.51. The summed E-state index contributed by atoms with van der Waals surface area (Å²) in [7, 11) is 0. The van der Waals surface area contributed by atoms with E-state index in [0.717, 1.165) is 36.6 Å². The highest BCUT2D eigenvalue weighted by atomic mass is 35.5. The third-order valence-electron chi connectivity index (χ3n) is 3.41. The lowest BCUT2D eigenvalue weighted by Gasteiger charge is -2.25. The van der Waals surface area contributed by atoms with Crippen molar-refractivity contribution in [1.29, 1.82) is 0 Å². The first-order chi connectivity index (χ1) is 8.83. The van der Waals surface area contributed by atoms with Crippen molar-refractivity contribution in [3.63, 3.8) is 0 Å². The average molecular weight is 282 g/mol. The number of nitrogens with zero attached hydrogens (tertiary/aromatic N) is 1. The van der Waals surface area contributed by atoms with Gasteiger partial charge in [0.05, 0.1) is 21.8 Å². The summed E-state index contributed by atoms with van der Waals surface area (Å²) in [4.78, 5) is 4.64. The minimum atomic E-state index is 0.144. The molecule has 2 unspecified atom stereocenters. The fourth-order valence-electron chi connectivity index (χ4n) is 2.39. The number of thiazole rings is 1. The molecule has 1 saturated heterocycles. The van der Waals surface area contributed by atoms with Gasteiger partial charge in [-0.1, -0.05) is 12.1 Å². The minimum Gasteiger partial charge on any atom is -0.381 e. The van der Waals surface area contributed by atoms with Gasteiger partial charge in [-0.15, -0.1) is 22.9 Å². The fourth-order valence-corrected chi connectivity index (χ4v) is 3.85. The van der Waals surface area contributed by atoms with Crippen LogP contribution in [0.1, 0.15) is 17.8 Å². The van der Waals surface area contributed by atoms with E-state index in [1.807, 2.05) is 6.07 Å². The molecule has 1 aromatic carbocycles. The summed E-state index contributed by atoms with van der Waals surface area (Å²) < 4.78 is 6.74. The molecule has 0 aliphatic carbocycles. The number of fused-ring (bicyclic) bond motifs is 1. The van der Waals surface area contributed by atoms with Crippen LogP contribution in [-0.4, -0.2) is 23.6 Å². The number of ether oxygens (including phenoxy) is 1. The molecular weight excluding hydrogens is 266 g/mol. The van der Waals surface area contributed by atoms with Crippen molar-refractivity contribution in [3.8, 4) is 0 Å². The minimum absolute atomic E-state index is 0.144. The van der Waals surface area contributed by atoms with Crippen LogP contribution in [0.3, 0.4) is 0 Å². The molecule has 1 fully saturated rings. The number of rotatable bonds is 3. The molecule has 1 aliphatic rings. The molecule has 4 heteroatoms. The number of aromatic nitrogens is 1. The molecule has 18 heavy (non-hydrogen) atoms. The third-order valence-corrected chi connectivity index (χ3v) is 4.98. The quantitative estimate of drug-likeness (QED) is 0.797. The second-order valence-corrected chi connectivity index (χ2v) is 6.45. The van der Waals surface area contributed by atoms with Crippen LogP contribution in [0.15, 0.2) is 24.3 Å². The fraction of sp³-hybridized carbons (Fsp3) is 0.500. The molecule has 0 bridgehead atoms. The van der Waals surface area contributed by atoms with E-state index in [1.54, 1.807) is 11.3 Å². The Labute approximate surface area is 116 Å². The number of hydrogen-bond acceptors (Lipinski definition) is 3. The number of para-hydroxylation sites is 1. The zero-order valence-corrected chi connectivity index (χ0v) is 11.7. The molecule has 0 N–H and O–H groups in total. The first kappa shape index (κ1) is 12.4. The van der Waals surface area contributed by atoms with Crippen molar-refractivity contribution in [2.75, 3.05) is 13.2 Å². The van der Waals surface area contributed by atoms with Gasteiger partial charge in [0.2, 0.25) is 0 Å². The van der Waals surface area contributed by atoms with Gasteiger partial charge in [-0.3, -0.25) is 0 Å². The molecule has 2 atom stereocenters. The Morgan fingerprint density at radius 2 is 2.33 bits per heavy atom. The van der Waals surface area contributed by atoms with Gasteiger partial charge in [0.1, 0.15) is 0 Å². The van der Waals surface area contributed by atoms with Crippen molar-refractivity contribution in [2.24, 2.45) is 5.92 Å². The lowest BCUT2D eigenvalue weighted by molar-refractivity contribution is 0.0533. The largest absolute Gasteiger partial charge is 0.381 e. The molecular formula is C14H16ClNOS. The van der Waals surface area contributed by atoms with Crippen LogP contribution in [-0.2, 0) is 11.2 Å². The van der Waals surface area contributed by atoms with Gasteiger partial charge < -0.3 is 4.74 Å². The van der Waals surface area contributed by atoms with Gasteiger partial charge >= 0.3 is 0 Å². The number of halogens is 1. The van der Waals surface area contributed by atoms with E-state index in [1.165, 1.54) is 11.1 Å². The average Bonchev–Trinajstić information content (AvgIpc) is 2.82. The molecule has 2 aromatic rings. The molecule has 0 amide bonds. The number of benzene rings is 1. The molecule has 2 nitrogen and oxygen atoms in total. The Balaban J connectivity index is 1.71. The van der Waals surface area contributed by atoms with Crippen LogP contribution >= 0.6 is 22.9 Å². The normalized spacial score (nSPS) is 22.2. The van der Waals surface area contributed by atoms with Crippen LogP contribution in [0.5, 0.6) is 0 Å². The Hall–Kier alpha value is -0.640. The summed E-state index contributed by atoms with van der Waals surface area (Å²) in [6.45, 7) is 1.69. The smallest absolute Gasteiger partial charge is 0.0953 e. The summed E-state index contributed by atoms with van der Waals surface area (Å²) in [5, 5.41) is 1.28. The van der Waals surface area contributed by atoms with E-state index in [-0.39, 0.29) is 5.38 Å². The Morgan fingerprint density at radius 3 is 3.11 bits per heavy atom. The van der Waals surface area contributed by atoms with E-state index in [0.29, 0.717) is 5.92 Å². The van der Waals surface area contributed by atoms with E-state index in [9.17, 15) is 0 Å². The summed E-state index contributed by atoms with van der Waals surface area (Å²) in [6, 6.07) is 8.25. The third kappa shape index (κ3) is 2.68. The van der Waals surface area contributed by atoms with E-state index < -0.39 is 0 Å². The van der Waals surface area contributed by atoms with Gasteiger partial charge in [0.25, 0.3) is 0 Å². The van der Waals surface area contributed by atoms with E-state index in [2.05, 4.69) is 23.2 Å². The number of alkyl halides is 1. The molecule has 1 aliphatic heterocycles. The first-order valence-corrected chi connectivity index (χ1v) is 7.64. The van der Waals surface area contributed by atoms with Gasteiger partial charge in [-0.2, -0.15) is 0 Å². The van der Waals surface area contributed by atoms with E-state index >= 15 is 0 Å². The SMILES string of the molecule is ClC(Cc1nc2ccccc2s1)C1CCCOC1. The van der Waals surface area contributed by atoms with E-state index in [4.69, 9.17) is 16.3 Å². The van der Waals surface area contributed by atoms with Crippen molar-refractivity contribution in [3.05, 3.63) is 29.3 Å². The Kier molecular flexibility index (Phi) is 3.83. The molecule has 3 rings (SSSR count). The summed E-state index contributed by atoms with van der Waals surface area (Å²) in [5.74, 6) is 0.479. The zero-order chi connectivity index (χ0) is 12.4. The van der Waals surface area contributed by atoms with Crippen LogP contribution in [0.4, 0.5) is 0 Å². The lowest BCUT2D eigenvalue weighted by Crippen LogP contribution is -2.26. The molecule has 0 saturated carbocycles. The van der Waals surface area contributed by atoms with Crippen molar-refractivity contribution >= 4 is 33.2 Å². The van der Waals surface area contributed by atoms with Crippen LogP contribution in [0.25, 0.3) is 10.2 Å². The van der Waals surface area contributed by atoms with Crippen molar-refractivity contribution in [2.45, 2.75) is 24.6 Å². The molecule has 0 spiro atoms. The van der Waals surface area contributed by atoms with Crippen LogP contribution < -0.4 is 0 Å². The predicted octanol–water partition coefficient (Wildman–Crippen LogP) is 3.87. The second kappa shape index (κ2) is 5.55. The summed E-state index contributed by atoms with van der Waals surface area (Å²) in [6.07, 6.45) is 3.17. The van der Waals surface area contributed by atoms with Crippen LogP contribution in [0.2, 0.25) is 0 Å². The summed E-state index contributed by atoms with van der Waals surface area (Å²) >= 11 is 8.26. The highest BCUT2D eigenvalue weighted by Crippen LogP contribution is 2.28. The van der Waals surface area contributed by atoms with Gasteiger partial charge in [0.15, 0.2) is 0 Å². The van der Waals surface area contributed by atoms with Gasteiger partial charge in [0, 0.05) is 18.4 Å². The van der Waals surface area contributed by atoms with Crippen molar-refractivity contribution < 1.29 is 4.74 Å². The van der Waals surface area contributed by atoms with Gasteiger partial charge in [-0.05, 0) is 30.9 Å². The Bertz CT molecular complexity index is 488. The van der Waals surface area contributed by atoms with Gasteiger partial charge in [-0.25, -0.2) is 4.98 Å². The maximum Gasteiger partial charge on any atom is 0.0953 e. The van der Waals surface area contributed by atoms with Crippen molar-refractivity contribution in [1.82, 2.24) is 4.98 Å². The standard InChI is InChI=1S/C14H16ClNOS/c15-11(10-4-3-7-17-9-10)8-14-16-12-5-1-2-6-13(12)18-14/h1-2,5-6,10-11H,3-4,7-9H2. The molecule has 1 aromatic heterocycles.